The minimum Gasteiger partial charge on any atom is -0.351 e. The maximum absolute atomic E-state index is 12.5. The van der Waals surface area contributed by atoms with Crippen LogP contribution >= 0.6 is 0 Å². The minimum absolute atomic E-state index is 0.0416. The first-order valence-electron chi connectivity index (χ1n) is 8.15. The van der Waals surface area contributed by atoms with E-state index in [4.69, 9.17) is 0 Å². The summed E-state index contributed by atoms with van der Waals surface area (Å²) in [4.78, 5) is 15.8. The number of benzene rings is 1. The second-order valence-corrected chi connectivity index (χ2v) is 9.95. The Kier molecular flexibility index (Phi) is 4.13. The average Bonchev–Trinajstić information content (AvgIpc) is 3.05. The second kappa shape index (κ2) is 5.92. The van der Waals surface area contributed by atoms with Gasteiger partial charge in [-0.2, -0.15) is 0 Å². The molecule has 1 amide bonds. The molecule has 0 spiro atoms. The van der Waals surface area contributed by atoms with E-state index in [-0.39, 0.29) is 14.7 Å². The molecule has 1 unspecified atom stereocenters. The van der Waals surface area contributed by atoms with Crippen LogP contribution in [0, 0.1) is 13.8 Å². The van der Waals surface area contributed by atoms with Crippen molar-refractivity contribution in [1.29, 1.82) is 0 Å². The quantitative estimate of drug-likeness (QED) is 0.820. The van der Waals surface area contributed by atoms with E-state index in [1.54, 1.807) is 0 Å². The number of H-pyrrole nitrogens is 1. The zero-order chi connectivity index (χ0) is 15.9. The molecule has 117 valence electrons. The third-order valence-corrected chi connectivity index (χ3v) is 7.08. The predicted octanol–water partition coefficient (Wildman–Crippen LogP) is 4.19. The van der Waals surface area contributed by atoms with Crippen molar-refractivity contribution >= 4 is 25.6 Å². The summed E-state index contributed by atoms with van der Waals surface area (Å²) < 4.78 is 0. The van der Waals surface area contributed by atoms with Gasteiger partial charge in [0.1, 0.15) is 5.69 Å². The summed E-state index contributed by atoms with van der Waals surface area (Å²) in [6.45, 7) is 8.93. The molecule has 1 fully saturated rings. The van der Waals surface area contributed by atoms with E-state index in [1.165, 1.54) is 17.5 Å². The Bertz CT molecular complexity index is 704. The Morgan fingerprint density at radius 1 is 1.23 bits per heavy atom. The van der Waals surface area contributed by atoms with Gasteiger partial charge in [-0.25, -0.2) is 0 Å². The van der Waals surface area contributed by atoms with Crippen molar-refractivity contribution in [3.8, 4) is 0 Å². The molecule has 1 aromatic heterocycles. The summed E-state index contributed by atoms with van der Waals surface area (Å²) in [5.74, 6) is 0.0416. The first-order valence-corrected chi connectivity index (χ1v) is 10.7. The molecule has 2 aromatic rings. The highest BCUT2D eigenvalue weighted by Gasteiger charge is 2.28. The first kappa shape index (κ1) is 15.3. The van der Waals surface area contributed by atoms with E-state index in [0.29, 0.717) is 11.7 Å². The number of carbonyl (C=O) groups excluding carboxylic acids is 1. The van der Waals surface area contributed by atoms with Gasteiger partial charge in [-0.15, -0.1) is 0 Å². The molecule has 2 N–H and O–H groups in total. The zero-order valence-corrected chi connectivity index (χ0v) is 14.9. The minimum atomic E-state index is -0.234. The highest BCUT2D eigenvalue weighted by atomic mass is 28.3. The van der Waals surface area contributed by atoms with E-state index in [1.807, 2.05) is 6.07 Å². The van der Waals surface area contributed by atoms with Gasteiger partial charge in [-0.1, -0.05) is 25.6 Å². The number of hydrogen-bond acceptors (Lipinski definition) is 1. The van der Waals surface area contributed by atoms with Crippen LogP contribution < -0.4 is 5.32 Å². The van der Waals surface area contributed by atoms with Crippen LogP contribution in [-0.4, -0.2) is 25.7 Å². The number of hydrogen-bond donors (Lipinski definition) is 2. The van der Waals surface area contributed by atoms with Gasteiger partial charge >= 0.3 is 0 Å². The molecule has 1 aliphatic rings. The number of carbonyl (C=O) groups is 1. The van der Waals surface area contributed by atoms with E-state index < -0.39 is 0 Å². The molecule has 1 saturated carbocycles. The molecule has 1 heterocycles. The molecular weight excluding hydrogens is 288 g/mol. The molecule has 0 saturated heterocycles. The van der Waals surface area contributed by atoms with Gasteiger partial charge in [0.2, 0.25) is 0 Å². The van der Waals surface area contributed by atoms with Crippen molar-refractivity contribution in [2.45, 2.75) is 57.8 Å². The lowest BCUT2D eigenvalue weighted by Gasteiger charge is -2.14. The number of fused-ring (bicyclic) bond motifs is 1. The van der Waals surface area contributed by atoms with Crippen molar-refractivity contribution in [2.75, 3.05) is 0 Å². The van der Waals surface area contributed by atoms with E-state index in [0.717, 1.165) is 29.3 Å². The summed E-state index contributed by atoms with van der Waals surface area (Å²) in [6, 6.07) is 6.60. The molecule has 1 aliphatic carbocycles. The van der Waals surface area contributed by atoms with Gasteiger partial charge in [0, 0.05) is 25.7 Å². The van der Waals surface area contributed by atoms with E-state index in [2.05, 4.69) is 49.4 Å². The molecule has 1 radical (unpaired) electrons. The third-order valence-electron chi connectivity index (χ3n) is 4.92. The van der Waals surface area contributed by atoms with Crippen LogP contribution in [0.5, 0.6) is 0 Å². The van der Waals surface area contributed by atoms with E-state index >= 15 is 0 Å². The van der Waals surface area contributed by atoms with Gasteiger partial charge in [-0.05, 0) is 55.5 Å². The average molecular weight is 313 g/mol. The first-order chi connectivity index (χ1) is 10.4. The smallest absolute Gasteiger partial charge is 0.267 e. The lowest BCUT2D eigenvalue weighted by molar-refractivity contribution is 0.0933. The SMILES string of the molecule is Cc1cc(C)c2cc(C(=O)N[C@@H]3CCC([Si](C)C)C3)[nH]c2c1. The van der Waals surface area contributed by atoms with Crippen LogP contribution in [0.4, 0.5) is 0 Å². The van der Waals surface area contributed by atoms with Gasteiger partial charge in [-0.3, -0.25) is 4.79 Å². The summed E-state index contributed by atoms with van der Waals surface area (Å²) in [6.07, 6.45) is 3.56. The fourth-order valence-corrected chi connectivity index (χ4v) is 5.12. The normalized spacial score (nSPS) is 21.7. The Balaban J connectivity index is 1.74. The molecule has 4 heteroatoms. The lowest BCUT2D eigenvalue weighted by atomic mass is 10.1. The Morgan fingerprint density at radius 3 is 2.68 bits per heavy atom. The number of rotatable bonds is 3. The van der Waals surface area contributed by atoms with Gasteiger partial charge in [0.25, 0.3) is 5.91 Å². The standard InChI is InChI=1S/C18H25N2OSi/c1-11-7-12(2)15-10-17(20-16(15)8-11)18(21)19-13-5-6-14(9-13)22(3)4/h7-8,10,13-14,20H,5-6,9H2,1-4H3,(H,19,21)/t13-,14?/m1/s1. The monoisotopic (exact) mass is 313 g/mol. The molecule has 3 rings (SSSR count). The van der Waals surface area contributed by atoms with Crippen LogP contribution in [0.1, 0.15) is 40.9 Å². The summed E-state index contributed by atoms with van der Waals surface area (Å²) >= 11 is 0. The number of nitrogens with one attached hydrogen (secondary N) is 2. The summed E-state index contributed by atoms with van der Waals surface area (Å²) in [7, 11) is -0.234. The molecule has 2 atom stereocenters. The molecule has 0 aliphatic heterocycles. The molecule has 3 nitrogen and oxygen atoms in total. The van der Waals surface area contributed by atoms with Crippen molar-refractivity contribution in [2.24, 2.45) is 0 Å². The third kappa shape index (κ3) is 2.97. The zero-order valence-electron chi connectivity index (χ0n) is 13.9. The fraction of sp³-hybridized carbons (Fsp3) is 0.500. The van der Waals surface area contributed by atoms with Crippen LogP contribution in [0.3, 0.4) is 0 Å². The Labute approximate surface area is 134 Å². The van der Waals surface area contributed by atoms with Gasteiger partial charge in [0.15, 0.2) is 0 Å². The van der Waals surface area contributed by atoms with Crippen molar-refractivity contribution in [3.05, 3.63) is 35.0 Å². The largest absolute Gasteiger partial charge is 0.351 e. The van der Waals surface area contributed by atoms with Crippen LogP contribution in [-0.2, 0) is 0 Å². The number of aromatic amines is 1. The molecule has 0 bridgehead atoms. The number of aryl methyl sites for hydroxylation is 2. The molecular formula is C18H25N2OSi. The van der Waals surface area contributed by atoms with Crippen LogP contribution in [0.2, 0.25) is 18.6 Å². The predicted molar refractivity (Wildman–Crippen MR) is 94.1 cm³/mol. The summed E-state index contributed by atoms with van der Waals surface area (Å²) in [5.41, 5.74) is 5.03. The van der Waals surface area contributed by atoms with Crippen molar-refractivity contribution < 1.29 is 4.79 Å². The highest BCUT2D eigenvalue weighted by Crippen LogP contribution is 2.33. The Morgan fingerprint density at radius 2 is 2.00 bits per heavy atom. The molecule has 22 heavy (non-hydrogen) atoms. The fourth-order valence-electron chi connectivity index (χ4n) is 3.62. The Hall–Kier alpha value is -1.55. The van der Waals surface area contributed by atoms with Gasteiger partial charge in [0.05, 0.1) is 0 Å². The van der Waals surface area contributed by atoms with Crippen LogP contribution in [0.25, 0.3) is 10.9 Å². The van der Waals surface area contributed by atoms with E-state index in [9.17, 15) is 4.79 Å². The highest BCUT2D eigenvalue weighted by molar-refractivity contribution is 6.57. The number of amides is 1. The maximum Gasteiger partial charge on any atom is 0.267 e. The topological polar surface area (TPSA) is 44.9 Å². The van der Waals surface area contributed by atoms with Gasteiger partial charge < -0.3 is 10.3 Å². The summed E-state index contributed by atoms with van der Waals surface area (Å²) in [5, 5.41) is 4.37. The number of aromatic nitrogens is 1. The van der Waals surface area contributed by atoms with Crippen molar-refractivity contribution in [3.63, 3.8) is 0 Å². The second-order valence-electron chi connectivity index (χ2n) is 6.98. The van der Waals surface area contributed by atoms with Crippen LogP contribution in [0.15, 0.2) is 18.2 Å². The lowest BCUT2D eigenvalue weighted by Crippen LogP contribution is -2.33. The molecule has 1 aromatic carbocycles. The van der Waals surface area contributed by atoms with Crippen molar-refractivity contribution in [1.82, 2.24) is 10.3 Å². The maximum atomic E-state index is 12.5.